The summed E-state index contributed by atoms with van der Waals surface area (Å²) in [7, 11) is 1.68. The normalized spacial score (nSPS) is 15.1. The molecule has 248 valence electrons. The Kier molecular flexibility index (Phi) is 14.6. The Morgan fingerprint density at radius 2 is 1.73 bits per heavy atom. The maximum atomic E-state index is 13.7. The maximum absolute atomic E-state index is 13.7. The Labute approximate surface area is 273 Å². The molecule has 1 aliphatic rings. The Bertz CT molecular complexity index is 1250. The van der Waals surface area contributed by atoms with E-state index in [0.29, 0.717) is 42.9 Å². The van der Waals surface area contributed by atoms with E-state index in [2.05, 4.69) is 35.0 Å². The summed E-state index contributed by atoms with van der Waals surface area (Å²) in [6, 6.07) is 15.2. The number of hydrogen-bond acceptors (Lipinski definition) is 7. The molecular weight excluding hydrogens is 614 g/mol. The van der Waals surface area contributed by atoms with Gasteiger partial charge in [0.2, 0.25) is 0 Å². The fourth-order valence-electron chi connectivity index (χ4n) is 5.09. The zero-order valence-electron chi connectivity index (χ0n) is 27.1. The highest BCUT2D eigenvalue weighted by molar-refractivity contribution is 6.76. The van der Waals surface area contributed by atoms with Crippen molar-refractivity contribution in [2.75, 3.05) is 53.7 Å². The number of amides is 3. The average Bonchev–Trinajstić information content (AvgIpc) is 3.00. The predicted molar refractivity (Wildman–Crippen MR) is 178 cm³/mol. The summed E-state index contributed by atoms with van der Waals surface area (Å²) in [5, 5.41) is 6.35. The fraction of sp³-hybridized carbons (Fsp3) is 0.545. The monoisotopic (exact) mass is 661 g/mol. The molecular formula is C33H48ClN3O7Si. The number of rotatable bonds is 15. The van der Waals surface area contributed by atoms with Crippen molar-refractivity contribution >= 4 is 37.8 Å². The number of hydrogen-bond donors (Lipinski definition) is 2. The standard InChI is InChI=1S/C33H48ClN3O7Si/c1-37(33(40)44-18-19-45(3,4)5)23-29(20-24-12-15-42-16-13-24)36-31(38)27-10-6-8-25(21-27)30(26-9-7-11-28(34)22-26)43-17-14-35-32(39)41-2/h6-11,21-22,24,29-30H,12-20,23H2,1-5H3,(H,35,39)(H,36,38)/t29-,30?/m0/s1. The lowest BCUT2D eigenvalue weighted by Gasteiger charge is -2.30. The van der Waals surface area contributed by atoms with E-state index in [1.54, 1.807) is 30.1 Å². The Morgan fingerprint density at radius 1 is 1.04 bits per heavy atom. The largest absolute Gasteiger partial charge is 0.453 e. The van der Waals surface area contributed by atoms with Gasteiger partial charge in [-0.1, -0.05) is 55.5 Å². The van der Waals surface area contributed by atoms with E-state index < -0.39 is 20.3 Å². The van der Waals surface area contributed by atoms with E-state index in [1.807, 2.05) is 30.3 Å². The molecule has 0 bridgehead atoms. The number of likely N-dealkylation sites (N-methyl/N-ethyl adjacent to an activating group) is 1. The first-order valence-electron chi connectivity index (χ1n) is 15.5. The molecule has 1 saturated heterocycles. The lowest BCUT2D eigenvalue weighted by atomic mass is 9.92. The molecule has 2 N–H and O–H groups in total. The van der Waals surface area contributed by atoms with Crippen molar-refractivity contribution in [2.45, 2.75) is 57.1 Å². The van der Waals surface area contributed by atoms with Gasteiger partial charge in [0.25, 0.3) is 5.91 Å². The Hall–Kier alpha value is -3.12. The van der Waals surface area contributed by atoms with Gasteiger partial charge in [-0.25, -0.2) is 9.59 Å². The molecule has 2 aromatic rings. The van der Waals surface area contributed by atoms with Crippen LogP contribution in [0.4, 0.5) is 9.59 Å². The highest BCUT2D eigenvalue weighted by Crippen LogP contribution is 2.29. The van der Waals surface area contributed by atoms with E-state index in [9.17, 15) is 14.4 Å². The second-order valence-electron chi connectivity index (χ2n) is 12.6. The van der Waals surface area contributed by atoms with Gasteiger partial charge >= 0.3 is 12.2 Å². The van der Waals surface area contributed by atoms with Gasteiger partial charge in [-0.05, 0) is 66.6 Å². The van der Waals surface area contributed by atoms with Crippen LogP contribution in [0.5, 0.6) is 0 Å². The SMILES string of the molecule is COC(=O)NCCOC(c1cccc(Cl)c1)c1cccc(C(=O)N[C@@H](CC2CCOCC2)CN(C)C(=O)OCC[Si](C)(C)C)c1. The molecule has 1 unspecified atom stereocenters. The number of benzene rings is 2. The van der Waals surface area contributed by atoms with Crippen LogP contribution in [-0.4, -0.2) is 90.8 Å². The van der Waals surface area contributed by atoms with E-state index in [1.165, 1.54) is 7.11 Å². The minimum Gasteiger partial charge on any atom is -0.453 e. The molecule has 3 amide bonds. The highest BCUT2D eigenvalue weighted by atomic mass is 35.5. The van der Waals surface area contributed by atoms with Gasteiger partial charge in [-0.15, -0.1) is 0 Å². The highest BCUT2D eigenvalue weighted by Gasteiger charge is 2.25. The first kappa shape index (κ1) is 36.3. The fourth-order valence-corrected chi connectivity index (χ4v) is 6.00. The summed E-state index contributed by atoms with van der Waals surface area (Å²) in [4.78, 5) is 39.5. The molecule has 2 atom stereocenters. The van der Waals surface area contributed by atoms with E-state index >= 15 is 0 Å². The number of ether oxygens (including phenoxy) is 4. The van der Waals surface area contributed by atoms with Crippen LogP contribution in [-0.2, 0) is 18.9 Å². The summed E-state index contributed by atoms with van der Waals surface area (Å²) >= 11 is 6.29. The Morgan fingerprint density at radius 3 is 2.40 bits per heavy atom. The first-order valence-corrected chi connectivity index (χ1v) is 19.6. The van der Waals surface area contributed by atoms with Gasteiger partial charge in [0, 0.05) is 58.1 Å². The maximum Gasteiger partial charge on any atom is 0.409 e. The molecule has 1 heterocycles. The lowest BCUT2D eigenvalue weighted by Crippen LogP contribution is -2.46. The van der Waals surface area contributed by atoms with Crippen LogP contribution in [0, 0.1) is 5.92 Å². The summed E-state index contributed by atoms with van der Waals surface area (Å²) in [5.41, 5.74) is 2.03. The Balaban J connectivity index is 1.75. The van der Waals surface area contributed by atoms with Gasteiger partial charge in [-0.2, -0.15) is 0 Å². The average molecular weight is 662 g/mol. The molecule has 0 saturated carbocycles. The lowest BCUT2D eigenvalue weighted by molar-refractivity contribution is 0.0572. The topological polar surface area (TPSA) is 115 Å². The van der Waals surface area contributed by atoms with Crippen LogP contribution in [0.25, 0.3) is 0 Å². The number of methoxy groups -OCH3 is 1. The van der Waals surface area contributed by atoms with Crippen molar-refractivity contribution in [1.29, 1.82) is 0 Å². The second-order valence-corrected chi connectivity index (χ2v) is 18.7. The van der Waals surface area contributed by atoms with Crippen LogP contribution in [0.2, 0.25) is 30.7 Å². The number of halogens is 1. The molecule has 0 spiro atoms. The quantitative estimate of drug-likeness (QED) is 0.174. The van der Waals surface area contributed by atoms with Crippen molar-refractivity contribution < 1.29 is 33.3 Å². The molecule has 12 heteroatoms. The second kappa shape index (κ2) is 18.1. The molecule has 10 nitrogen and oxygen atoms in total. The van der Waals surface area contributed by atoms with Crippen LogP contribution in [0.3, 0.4) is 0 Å². The summed E-state index contributed by atoms with van der Waals surface area (Å²) in [5.74, 6) is 0.137. The molecule has 1 aliphatic heterocycles. The number of nitrogens with zero attached hydrogens (tertiary/aromatic N) is 1. The van der Waals surface area contributed by atoms with Crippen LogP contribution in [0.1, 0.15) is 46.9 Å². The van der Waals surface area contributed by atoms with Crippen molar-refractivity contribution in [3.8, 4) is 0 Å². The third-order valence-electron chi connectivity index (χ3n) is 7.62. The van der Waals surface area contributed by atoms with Crippen molar-refractivity contribution in [2.24, 2.45) is 5.92 Å². The van der Waals surface area contributed by atoms with E-state index in [4.69, 9.17) is 25.8 Å². The van der Waals surface area contributed by atoms with Gasteiger partial charge in [-0.3, -0.25) is 4.79 Å². The number of alkyl carbamates (subject to hydrolysis) is 1. The summed E-state index contributed by atoms with van der Waals surface area (Å²) in [6.07, 6.45) is 1.09. The molecule has 1 fully saturated rings. The molecule has 3 rings (SSSR count). The van der Waals surface area contributed by atoms with Crippen molar-refractivity contribution in [3.05, 3.63) is 70.2 Å². The third kappa shape index (κ3) is 13.0. The van der Waals surface area contributed by atoms with Gasteiger partial charge in [0.15, 0.2) is 0 Å². The van der Waals surface area contributed by atoms with E-state index in [-0.39, 0.29) is 31.2 Å². The first-order chi connectivity index (χ1) is 21.4. The minimum absolute atomic E-state index is 0.205. The third-order valence-corrected chi connectivity index (χ3v) is 9.56. The zero-order valence-corrected chi connectivity index (χ0v) is 28.9. The molecule has 0 radical (unpaired) electrons. The van der Waals surface area contributed by atoms with Crippen LogP contribution < -0.4 is 10.6 Å². The van der Waals surface area contributed by atoms with Gasteiger partial charge in [0.1, 0.15) is 6.10 Å². The molecule has 45 heavy (non-hydrogen) atoms. The molecule has 2 aromatic carbocycles. The molecule has 0 aliphatic carbocycles. The smallest absolute Gasteiger partial charge is 0.409 e. The van der Waals surface area contributed by atoms with Gasteiger partial charge in [0.05, 0.1) is 20.3 Å². The summed E-state index contributed by atoms with van der Waals surface area (Å²) in [6.45, 7) is 9.29. The molecule has 0 aromatic heterocycles. The zero-order chi connectivity index (χ0) is 32.8. The number of carbonyl (C=O) groups excluding carboxylic acids is 3. The van der Waals surface area contributed by atoms with Crippen molar-refractivity contribution in [1.82, 2.24) is 15.5 Å². The van der Waals surface area contributed by atoms with Crippen LogP contribution >= 0.6 is 11.6 Å². The number of nitrogens with one attached hydrogen (secondary N) is 2. The summed E-state index contributed by atoms with van der Waals surface area (Å²) < 4.78 is 21.9. The van der Waals surface area contributed by atoms with Crippen LogP contribution in [0.15, 0.2) is 48.5 Å². The van der Waals surface area contributed by atoms with Gasteiger partial charge < -0.3 is 34.5 Å². The predicted octanol–water partition coefficient (Wildman–Crippen LogP) is 6.12. The van der Waals surface area contributed by atoms with E-state index in [0.717, 1.165) is 36.4 Å². The minimum atomic E-state index is -1.33. The number of carbonyl (C=O) groups is 3. The van der Waals surface area contributed by atoms with Crippen molar-refractivity contribution in [3.63, 3.8) is 0 Å².